The van der Waals surface area contributed by atoms with Crippen molar-refractivity contribution in [3.8, 4) is 0 Å². The molecule has 8 heteroatoms. The van der Waals surface area contributed by atoms with Gasteiger partial charge in [-0.3, -0.25) is 4.79 Å². The summed E-state index contributed by atoms with van der Waals surface area (Å²) < 4.78 is 0. The number of carbonyl (C=O) groups is 1. The van der Waals surface area contributed by atoms with E-state index in [4.69, 9.17) is 23.2 Å². The molecule has 0 unspecified atom stereocenters. The molecule has 1 amide bonds. The lowest BCUT2D eigenvalue weighted by atomic mass is 9.86. The molecule has 0 saturated heterocycles. The van der Waals surface area contributed by atoms with Gasteiger partial charge in [-0.1, -0.05) is 23.2 Å². The maximum absolute atomic E-state index is 12.5. The average molecular weight is 436 g/mol. The molecular formula is C21H27Cl2N5O. The van der Waals surface area contributed by atoms with Gasteiger partial charge in [-0.05, 0) is 56.7 Å². The third kappa shape index (κ3) is 6.21. The third-order valence-corrected chi connectivity index (χ3v) is 5.59. The van der Waals surface area contributed by atoms with E-state index in [-0.39, 0.29) is 11.9 Å². The van der Waals surface area contributed by atoms with Gasteiger partial charge in [0.15, 0.2) is 0 Å². The van der Waals surface area contributed by atoms with Crippen LogP contribution in [0.2, 0.25) is 10.0 Å². The zero-order valence-electron chi connectivity index (χ0n) is 17.0. The minimum Gasteiger partial charge on any atom is -0.363 e. The number of nitrogens with one attached hydrogen (secondary N) is 2. The first-order valence-electron chi connectivity index (χ1n) is 9.84. The number of hydrogen-bond acceptors (Lipinski definition) is 5. The highest BCUT2D eigenvalue weighted by molar-refractivity contribution is 6.35. The maximum Gasteiger partial charge on any atom is 0.251 e. The van der Waals surface area contributed by atoms with Crippen molar-refractivity contribution in [3.63, 3.8) is 0 Å². The van der Waals surface area contributed by atoms with Gasteiger partial charge in [0, 0.05) is 54.1 Å². The number of carbonyl (C=O) groups excluding carboxylic acids is 1. The summed E-state index contributed by atoms with van der Waals surface area (Å²) in [5, 5.41) is 7.42. The van der Waals surface area contributed by atoms with Crippen molar-refractivity contribution in [1.82, 2.24) is 15.3 Å². The van der Waals surface area contributed by atoms with Gasteiger partial charge in [0.25, 0.3) is 5.91 Å². The zero-order chi connectivity index (χ0) is 21.0. The zero-order valence-corrected chi connectivity index (χ0v) is 18.5. The van der Waals surface area contributed by atoms with E-state index >= 15 is 0 Å². The molecule has 0 bridgehead atoms. The Morgan fingerprint density at radius 2 is 1.72 bits per heavy atom. The van der Waals surface area contributed by atoms with Crippen molar-refractivity contribution in [1.29, 1.82) is 0 Å². The molecule has 6 nitrogen and oxygen atoms in total. The summed E-state index contributed by atoms with van der Waals surface area (Å²) in [7, 11) is 3.94. The molecular weight excluding hydrogens is 409 g/mol. The highest BCUT2D eigenvalue weighted by Gasteiger charge is 2.23. The Labute approximate surface area is 182 Å². The van der Waals surface area contributed by atoms with Crippen molar-refractivity contribution in [2.45, 2.75) is 38.6 Å². The molecule has 1 aromatic carbocycles. The molecule has 1 heterocycles. The van der Waals surface area contributed by atoms with E-state index in [0.717, 1.165) is 43.7 Å². The topological polar surface area (TPSA) is 70.2 Å². The summed E-state index contributed by atoms with van der Waals surface area (Å²) in [5.41, 5.74) is 1.44. The van der Waals surface area contributed by atoms with Gasteiger partial charge in [-0.15, -0.1) is 0 Å². The van der Waals surface area contributed by atoms with Gasteiger partial charge in [-0.25, -0.2) is 4.98 Å². The lowest BCUT2D eigenvalue weighted by Gasteiger charge is -2.29. The molecule has 1 saturated carbocycles. The number of nitrogens with zero attached hydrogens (tertiary/aromatic N) is 3. The van der Waals surface area contributed by atoms with Gasteiger partial charge in [0.2, 0.25) is 5.95 Å². The van der Waals surface area contributed by atoms with Crippen molar-refractivity contribution in [2.24, 2.45) is 5.92 Å². The minimum atomic E-state index is -0.125. The number of anilines is 2. The summed E-state index contributed by atoms with van der Waals surface area (Å²) in [6.45, 7) is 2.81. The Bertz CT molecular complexity index is 846. The van der Waals surface area contributed by atoms with E-state index in [0.29, 0.717) is 27.5 Å². The van der Waals surface area contributed by atoms with Gasteiger partial charge in [-0.2, -0.15) is 4.98 Å². The minimum absolute atomic E-state index is 0.125. The van der Waals surface area contributed by atoms with Crippen molar-refractivity contribution in [3.05, 3.63) is 45.6 Å². The lowest BCUT2D eigenvalue weighted by Crippen LogP contribution is -2.38. The molecule has 1 fully saturated rings. The Balaban J connectivity index is 1.48. The number of benzene rings is 1. The van der Waals surface area contributed by atoms with Crippen LogP contribution in [0.1, 0.15) is 41.7 Å². The summed E-state index contributed by atoms with van der Waals surface area (Å²) in [6.07, 6.45) is 3.98. The second kappa shape index (κ2) is 9.63. The predicted octanol–water partition coefficient (Wildman–Crippen LogP) is 4.56. The van der Waals surface area contributed by atoms with E-state index in [2.05, 4.69) is 20.6 Å². The van der Waals surface area contributed by atoms with Gasteiger partial charge in [0.05, 0.1) is 0 Å². The van der Waals surface area contributed by atoms with Crippen LogP contribution >= 0.6 is 23.2 Å². The average Bonchev–Trinajstić information content (AvgIpc) is 2.66. The van der Waals surface area contributed by atoms with Crippen molar-refractivity contribution < 1.29 is 4.79 Å². The van der Waals surface area contributed by atoms with E-state index < -0.39 is 0 Å². The summed E-state index contributed by atoms with van der Waals surface area (Å²) in [5.74, 6) is 1.98. The smallest absolute Gasteiger partial charge is 0.251 e. The van der Waals surface area contributed by atoms with Crippen LogP contribution in [0.3, 0.4) is 0 Å². The summed E-state index contributed by atoms with van der Waals surface area (Å²) in [4.78, 5) is 23.5. The second-order valence-corrected chi connectivity index (χ2v) is 8.69. The van der Waals surface area contributed by atoms with Crippen LogP contribution in [0.25, 0.3) is 0 Å². The number of rotatable bonds is 6. The van der Waals surface area contributed by atoms with Crippen LogP contribution < -0.4 is 15.5 Å². The lowest BCUT2D eigenvalue weighted by molar-refractivity contribution is 0.0922. The molecule has 0 atom stereocenters. The number of amides is 1. The SMILES string of the molecule is Cc1cc(N(C)C)nc(NCC2CCC(NC(=O)c3cc(Cl)cc(Cl)c3)CC2)n1. The largest absolute Gasteiger partial charge is 0.363 e. The molecule has 29 heavy (non-hydrogen) atoms. The first-order chi connectivity index (χ1) is 13.8. The van der Waals surface area contributed by atoms with E-state index in [9.17, 15) is 4.79 Å². The number of aryl methyl sites for hydroxylation is 1. The van der Waals surface area contributed by atoms with Crippen LogP contribution in [-0.4, -0.2) is 42.6 Å². The Hall–Kier alpha value is -2.05. The Morgan fingerprint density at radius 3 is 2.34 bits per heavy atom. The monoisotopic (exact) mass is 435 g/mol. The predicted molar refractivity (Wildman–Crippen MR) is 119 cm³/mol. The number of aromatic nitrogens is 2. The number of halogens is 2. The molecule has 0 aliphatic heterocycles. The molecule has 0 spiro atoms. The summed E-state index contributed by atoms with van der Waals surface area (Å²) >= 11 is 12.0. The summed E-state index contributed by atoms with van der Waals surface area (Å²) in [6, 6.07) is 7.04. The van der Waals surface area contributed by atoms with Gasteiger partial charge < -0.3 is 15.5 Å². The fraction of sp³-hybridized carbons (Fsp3) is 0.476. The third-order valence-electron chi connectivity index (χ3n) is 5.15. The maximum atomic E-state index is 12.5. The molecule has 1 aliphatic rings. The first-order valence-corrected chi connectivity index (χ1v) is 10.6. The molecule has 2 N–H and O–H groups in total. The van der Waals surface area contributed by atoms with E-state index in [1.54, 1.807) is 18.2 Å². The quantitative estimate of drug-likeness (QED) is 0.695. The van der Waals surface area contributed by atoms with Crippen molar-refractivity contribution >= 4 is 40.9 Å². The van der Waals surface area contributed by atoms with Crippen LogP contribution in [0.4, 0.5) is 11.8 Å². The molecule has 1 aromatic heterocycles. The van der Waals surface area contributed by atoms with Gasteiger partial charge in [0.1, 0.15) is 5.82 Å². The highest BCUT2D eigenvalue weighted by Crippen LogP contribution is 2.26. The van der Waals surface area contributed by atoms with Crippen LogP contribution in [0.15, 0.2) is 24.3 Å². The molecule has 3 rings (SSSR count). The van der Waals surface area contributed by atoms with Crippen LogP contribution in [0.5, 0.6) is 0 Å². The van der Waals surface area contributed by atoms with Gasteiger partial charge >= 0.3 is 0 Å². The van der Waals surface area contributed by atoms with Crippen LogP contribution in [0, 0.1) is 12.8 Å². The normalized spacial score (nSPS) is 18.9. The van der Waals surface area contributed by atoms with Crippen LogP contribution in [-0.2, 0) is 0 Å². The molecule has 156 valence electrons. The second-order valence-electron chi connectivity index (χ2n) is 7.82. The first kappa shape index (κ1) is 21.7. The molecule has 0 radical (unpaired) electrons. The number of hydrogen-bond donors (Lipinski definition) is 2. The fourth-order valence-electron chi connectivity index (χ4n) is 3.56. The van der Waals surface area contributed by atoms with Crippen molar-refractivity contribution in [2.75, 3.05) is 30.9 Å². The highest BCUT2D eigenvalue weighted by atomic mass is 35.5. The standard InChI is InChI=1S/C21H27Cl2N5O/c1-13-8-19(28(2)3)27-21(25-13)24-12-14-4-6-18(7-5-14)26-20(29)15-9-16(22)11-17(23)10-15/h8-11,14,18H,4-7,12H2,1-3H3,(H,26,29)(H,24,25,27). The molecule has 1 aliphatic carbocycles. The molecule has 2 aromatic rings. The van der Waals surface area contributed by atoms with E-state index in [1.165, 1.54) is 0 Å². The fourth-order valence-corrected chi connectivity index (χ4v) is 4.09. The Kier molecular flexibility index (Phi) is 7.19. The Morgan fingerprint density at radius 1 is 1.07 bits per heavy atom. The van der Waals surface area contributed by atoms with E-state index in [1.807, 2.05) is 32.0 Å².